The van der Waals surface area contributed by atoms with E-state index in [0.29, 0.717) is 10.7 Å². The van der Waals surface area contributed by atoms with Crippen molar-refractivity contribution in [3.05, 3.63) is 41.4 Å². The molecule has 0 aromatic carbocycles. The van der Waals surface area contributed by atoms with Crippen LogP contribution in [0.5, 0.6) is 0 Å². The molecule has 1 N–H and O–H groups in total. The summed E-state index contributed by atoms with van der Waals surface area (Å²) < 4.78 is 1.60. The maximum absolute atomic E-state index is 12.0. The second-order valence-corrected chi connectivity index (χ2v) is 4.33. The lowest BCUT2D eigenvalue weighted by Gasteiger charge is -2.14. The molecule has 0 saturated heterocycles. The van der Waals surface area contributed by atoms with Crippen LogP contribution in [0.1, 0.15) is 18.7 Å². The van der Waals surface area contributed by atoms with E-state index in [1.54, 1.807) is 36.1 Å². The molecule has 1 atom stereocenters. The molecule has 2 rings (SSSR count). The minimum Gasteiger partial charge on any atom is -0.324 e. The Morgan fingerprint density at radius 2 is 2.11 bits per heavy atom. The van der Waals surface area contributed by atoms with Gasteiger partial charge in [0.2, 0.25) is 5.91 Å². The van der Waals surface area contributed by atoms with E-state index in [1.165, 1.54) is 6.20 Å². The van der Waals surface area contributed by atoms with Crippen LogP contribution in [0, 0.1) is 6.92 Å². The number of aromatic nitrogens is 3. The average molecular weight is 265 g/mol. The van der Waals surface area contributed by atoms with Gasteiger partial charge in [0, 0.05) is 18.1 Å². The monoisotopic (exact) mass is 264 g/mol. The molecule has 2 heterocycles. The molecule has 0 fully saturated rings. The number of halogens is 1. The van der Waals surface area contributed by atoms with Crippen LogP contribution in [0.25, 0.3) is 0 Å². The van der Waals surface area contributed by atoms with Crippen molar-refractivity contribution in [2.24, 2.45) is 0 Å². The molecular weight excluding hydrogens is 252 g/mol. The SMILES string of the molecule is Cc1c(Cl)cnn1C(C)C(=O)Nc1ccncc1. The summed E-state index contributed by atoms with van der Waals surface area (Å²) in [5, 5.41) is 7.44. The summed E-state index contributed by atoms with van der Waals surface area (Å²) in [4.78, 5) is 15.9. The van der Waals surface area contributed by atoms with Gasteiger partial charge in [-0.1, -0.05) is 11.6 Å². The Morgan fingerprint density at radius 1 is 1.44 bits per heavy atom. The average Bonchev–Trinajstić information content (AvgIpc) is 2.70. The Hall–Kier alpha value is -1.88. The van der Waals surface area contributed by atoms with Gasteiger partial charge < -0.3 is 5.32 Å². The minimum atomic E-state index is -0.425. The molecule has 94 valence electrons. The van der Waals surface area contributed by atoms with Gasteiger partial charge in [0.25, 0.3) is 0 Å². The summed E-state index contributed by atoms with van der Waals surface area (Å²) in [6, 6.07) is 3.03. The van der Waals surface area contributed by atoms with Crippen molar-refractivity contribution >= 4 is 23.2 Å². The van der Waals surface area contributed by atoms with Crippen LogP contribution in [0.4, 0.5) is 5.69 Å². The second-order valence-electron chi connectivity index (χ2n) is 3.92. The van der Waals surface area contributed by atoms with E-state index in [1.807, 2.05) is 6.92 Å². The Balaban J connectivity index is 2.12. The molecule has 0 saturated carbocycles. The zero-order valence-corrected chi connectivity index (χ0v) is 10.8. The Bertz CT molecular complexity index is 552. The van der Waals surface area contributed by atoms with Gasteiger partial charge in [-0.2, -0.15) is 5.10 Å². The van der Waals surface area contributed by atoms with Gasteiger partial charge in [-0.3, -0.25) is 14.5 Å². The van der Waals surface area contributed by atoms with Crippen molar-refractivity contribution in [1.29, 1.82) is 0 Å². The van der Waals surface area contributed by atoms with E-state index >= 15 is 0 Å². The summed E-state index contributed by atoms with van der Waals surface area (Å²) in [5.74, 6) is -0.149. The molecule has 0 aliphatic rings. The zero-order chi connectivity index (χ0) is 13.1. The molecule has 18 heavy (non-hydrogen) atoms. The molecule has 0 aliphatic heterocycles. The summed E-state index contributed by atoms with van der Waals surface area (Å²) in [6.45, 7) is 3.60. The lowest BCUT2D eigenvalue weighted by molar-refractivity contribution is -0.119. The normalized spacial score (nSPS) is 12.2. The molecule has 2 aromatic rings. The fourth-order valence-electron chi connectivity index (χ4n) is 1.59. The molecule has 0 bridgehead atoms. The van der Waals surface area contributed by atoms with E-state index < -0.39 is 6.04 Å². The number of amides is 1. The number of hydrogen-bond donors (Lipinski definition) is 1. The van der Waals surface area contributed by atoms with Crippen LogP contribution in [-0.4, -0.2) is 20.7 Å². The Kier molecular flexibility index (Phi) is 3.62. The van der Waals surface area contributed by atoms with E-state index in [9.17, 15) is 4.79 Å². The topological polar surface area (TPSA) is 59.8 Å². The lowest BCUT2D eigenvalue weighted by Crippen LogP contribution is -2.25. The van der Waals surface area contributed by atoms with Crippen LogP contribution in [0.3, 0.4) is 0 Å². The molecule has 1 unspecified atom stereocenters. The smallest absolute Gasteiger partial charge is 0.248 e. The van der Waals surface area contributed by atoms with Crippen LogP contribution in [0.15, 0.2) is 30.7 Å². The van der Waals surface area contributed by atoms with Crippen molar-refractivity contribution in [2.45, 2.75) is 19.9 Å². The summed E-state index contributed by atoms with van der Waals surface area (Å²) >= 11 is 5.92. The molecule has 1 amide bonds. The number of nitrogens with one attached hydrogen (secondary N) is 1. The summed E-state index contributed by atoms with van der Waals surface area (Å²) in [6.07, 6.45) is 4.78. The van der Waals surface area contributed by atoms with Crippen molar-refractivity contribution in [3.63, 3.8) is 0 Å². The molecule has 6 heteroatoms. The number of hydrogen-bond acceptors (Lipinski definition) is 3. The molecule has 2 aromatic heterocycles. The fourth-order valence-corrected chi connectivity index (χ4v) is 1.72. The number of carbonyl (C=O) groups is 1. The first kappa shape index (κ1) is 12.6. The zero-order valence-electron chi connectivity index (χ0n) is 10.1. The fraction of sp³-hybridized carbons (Fsp3) is 0.250. The number of anilines is 1. The first-order valence-electron chi connectivity index (χ1n) is 5.50. The van der Waals surface area contributed by atoms with Crippen molar-refractivity contribution in [3.8, 4) is 0 Å². The molecule has 0 aliphatic carbocycles. The predicted octanol–water partition coefficient (Wildman–Crippen LogP) is 2.44. The predicted molar refractivity (Wildman–Crippen MR) is 69.6 cm³/mol. The van der Waals surface area contributed by atoms with E-state index in [0.717, 1.165) is 5.69 Å². The third kappa shape index (κ3) is 2.51. The van der Waals surface area contributed by atoms with E-state index in [-0.39, 0.29) is 5.91 Å². The van der Waals surface area contributed by atoms with Gasteiger partial charge in [0.1, 0.15) is 6.04 Å². The standard InChI is InChI=1S/C12H13ClN4O/c1-8-11(13)7-15-17(8)9(2)12(18)16-10-3-5-14-6-4-10/h3-7,9H,1-2H3,(H,14,16,18). The van der Waals surface area contributed by atoms with Gasteiger partial charge in [-0.25, -0.2) is 0 Å². The number of carbonyl (C=O) groups excluding carboxylic acids is 1. The van der Waals surface area contributed by atoms with Crippen molar-refractivity contribution in [2.75, 3.05) is 5.32 Å². The number of rotatable bonds is 3. The maximum atomic E-state index is 12.0. The van der Waals surface area contributed by atoms with Crippen LogP contribution >= 0.6 is 11.6 Å². The van der Waals surface area contributed by atoms with Crippen LogP contribution in [0.2, 0.25) is 5.02 Å². The van der Waals surface area contributed by atoms with Crippen molar-refractivity contribution in [1.82, 2.24) is 14.8 Å². The molecule has 5 nitrogen and oxygen atoms in total. The number of pyridine rings is 1. The summed E-state index contributed by atoms with van der Waals surface area (Å²) in [5.41, 5.74) is 1.48. The highest BCUT2D eigenvalue weighted by atomic mass is 35.5. The molecular formula is C12H13ClN4O. The Morgan fingerprint density at radius 3 is 2.67 bits per heavy atom. The Labute approximate surface area is 110 Å². The van der Waals surface area contributed by atoms with Gasteiger partial charge in [0.05, 0.1) is 16.9 Å². The largest absolute Gasteiger partial charge is 0.324 e. The van der Waals surface area contributed by atoms with Gasteiger partial charge >= 0.3 is 0 Å². The second kappa shape index (κ2) is 5.18. The molecule has 0 radical (unpaired) electrons. The first-order chi connectivity index (χ1) is 8.59. The highest BCUT2D eigenvalue weighted by molar-refractivity contribution is 6.31. The highest BCUT2D eigenvalue weighted by Crippen LogP contribution is 2.18. The third-order valence-electron chi connectivity index (χ3n) is 2.68. The van der Waals surface area contributed by atoms with Crippen molar-refractivity contribution < 1.29 is 4.79 Å². The first-order valence-corrected chi connectivity index (χ1v) is 5.88. The van der Waals surface area contributed by atoms with Gasteiger partial charge in [-0.05, 0) is 26.0 Å². The van der Waals surface area contributed by atoms with Crippen LogP contribution < -0.4 is 5.32 Å². The van der Waals surface area contributed by atoms with E-state index in [2.05, 4.69) is 15.4 Å². The molecule has 0 spiro atoms. The van der Waals surface area contributed by atoms with Gasteiger partial charge in [-0.15, -0.1) is 0 Å². The van der Waals surface area contributed by atoms with Crippen LogP contribution in [-0.2, 0) is 4.79 Å². The number of nitrogens with zero attached hydrogens (tertiary/aromatic N) is 3. The highest BCUT2D eigenvalue weighted by Gasteiger charge is 2.18. The van der Waals surface area contributed by atoms with Gasteiger partial charge in [0.15, 0.2) is 0 Å². The quantitative estimate of drug-likeness (QED) is 0.926. The summed E-state index contributed by atoms with van der Waals surface area (Å²) in [7, 11) is 0. The third-order valence-corrected chi connectivity index (χ3v) is 3.05. The van der Waals surface area contributed by atoms with E-state index in [4.69, 9.17) is 11.6 Å². The maximum Gasteiger partial charge on any atom is 0.248 e. The minimum absolute atomic E-state index is 0.149. The lowest BCUT2D eigenvalue weighted by atomic mass is 10.3.